The summed E-state index contributed by atoms with van der Waals surface area (Å²) in [5.74, 6) is 1.50. The Kier molecular flexibility index (Phi) is 6.10. The molecule has 1 saturated heterocycles. The van der Waals surface area contributed by atoms with Crippen LogP contribution < -0.4 is 5.32 Å². The predicted molar refractivity (Wildman–Crippen MR) is 112 cm³/mol. The van der Waals surface area contributed by atoms with Crippen LogP contribution in [-0.2, 0) is 9.84 Å². The van der Waals surface area contributed by atoms with Gasteiger partial charge in [-0.2, -0.15) is 11.8 Å². The Morgan fingerprint density at radius 2 is 1.75 bits per heavy atom. The summed E-state index contributed by atoms with van der Waals surface area (Å²) in [5, 5.41) is 2.79. The van der Waals surface area contributed by atoms with Crippen LogP contribution in [0.5, 0.6) is 0 Å². The van der Waals surface area contributed by atoms with Crippen LogP contribution in [0.3, 0.4) is 0 Å². The van der Waals surface area contributed by atoms with E-state index in [-0.39, 0.29) is 16.4 Å². The van der Waals surface area contributed by atoms with Crippen molar-refractivity contribution in [2.24, 2.45) is 0 Å². The number of hydrogen-bond donors (Lipinski definition) is 1. The Balaban J connectivity index is 1.76. The van der Waals surface area contributed by atoms with Gasteiger partial charge in [-0.1, -0.05) is 6.07 Å². The minimum Gasteiger partial charge on any atom is -0.337 e. The number of aryl methyl sites for hydroxylation is 1. The molecule has 6 nitrogen and oxygen atoms in total. The third kappa shape index (κ3) is 4.74. The number of rotatable bonds is 4. The highest BCUT2D eigenvalue weighted by molar-refractivity contribution is 7.99. The van der Waals surface area contributed by atoms with Crippen LogP contribution in [0.25, 0.3) is 0 Å². The Bertz CT molecular complexity index is 1010. The molecule has 1 heterocycles. The molecule has 2 amide bonds. The van der Waals surface area contributed by atoms with Gasteiger partial charge in [-0.3, -0.25) is 9.59 Å². The van der Waals surface area contributed by atoms with Gasteiger partial charge in [-0.05, 0) is 48.9 Å². The van der Waals surface area contributed by atoms with E-state index in [9.17, 15) is 18.0 Å². The van der Waals surface area contributed by atoms with Crippen LogP contribution in [0.2, 0.25) is 0 Å². The molecule has 1 fully saturated rings. The van der Waals surface area contributed by atoms with Gasteiger partial charge in [0.15, 0.2) is 9.84 Å². The molecule has 1 aliphatic rings. The van der Waals surface area contributed by atoms with Crippen molar-refractivity contribution in [3.63, 3.8) is 0 Å². The SMILES string of the molecule is Cc1cc(C(=O)N2CCSCC2)ccc1NC(=O)c1cccc(S(C)(=O)=O)c1. The highest BCUT2D eigenvalue weighted by Crippen LogP contribution is 2.21. The van der Waals surface area contributed by atoms with Gasteiger partial charge >= 0.3 is 0 Å². The maximum Gasteiger partial charge on any atom is 0.255 e. The van der Waals surface area contributed by atoms with Crippen LogP contribution in [0.4, 0.5) is 5.69 Å². The first-order valence-electron chi connectivity index (χ1n) is 8.85. The largest absolute Gasteiger partial charge is 0.337 e. The number of nitrogens with one attached hydrogen (secondary N) is 1. The minimum absolute atomic E-state index is 0.00197. The van der Waals surface area contributed by atoms with Gasteiger partial charge in [-0.15, -0.1) is 0 Å². The van der Waals surface area contributed by atoms with E-state index in [0.29, 0.717) is 11.3 Å². The fourth-order valence-corrected chi connectivity index (χ4v) is 4.52. The first kappa shape index (κ1) is 20.4. The highest BCUT2D eigenvalue weighted by atomic mass is 32.2. The van der Waals surface area contributed by atoms with E-state index in [1.54, 1.807) is 24.3 Å². The molecule has 0 unspecified atom stereocenters. The smallest absolute Gasteiger partial charge is 0.255 e. The zero-order valence-corrected chi connectivity index (χ0v) is 17.4. The lowest BCUT2D eigenvalue weighted by molar-refractivity contribution is 0.0772. The Labute approximate surface area is 169 Å². The lowest BCUT2D eigenvalue weighted by Crippen LogP contribution is -2.37. The summed E-state index contributed by atoms with van der Waals surface area (Å²) in [6, 6.07) is 11.1. The van der Waals surface area contributed by atoms with Crippen LogP contribution in [-0.4, -0.2) is 56.0 Å². The first-order chi connectivity index (χ1) is 13.3. The minimum atomic E-state index is -3.39. The molecule has 148 valence electrons. The van der Waals surface area contributed by atoms with E-state index >= 15 is 0 Å². The van der Waals surface area contributed by atoms with Crippen LogP contribution in [0.1, 0.15) is 26.3 Å². The molecule has 8 heteroatoms. The number of carbonyl (C=O) groups excluding carboxylic acids is 2. The van der Waals surface area contributed by atoms with Crippen molar-refractivity contribution in [2.45, 2.75) is 11.8 Å². The first-order valence-corrected chi connectivity index (χ1v) is 11.9. The van der Waals surface area contributed by atoms with Gasteiger partial charge in [0.05, 0.1) is 4.90 Å². The van der Waals surface area contributed by atoms with Crippen molar-refractivity contribution >= 4 is 39.1 Å². The molecular formula is C20H22N2O4S2. The highest BCUT2D eigenvalue weighted by Gasteiger charge is 2.19. The molecule has 2 aromatic carbocycles. The van der Waals surface area contributed by atoms with Crippen molar-refractivity contribution in [1.29, 1.82) is 0 Å². The zero-order valence-electron chi connectivity index (χ0n) is 15.8. The van der Waals surface area contributed by atoms with Crippen molar-refractivity contribution in [1.82, 2.24) is 4.90 Å². The predicted octanol–water partition coefficient (Wildman–Crippen LogP) is 2.84. The molecule has 2 aromatic rings. The number of thioether (sulfide) groups is 1. The summed E-state index contributed by atoms with van der Waals surface area (Å²) in [6.45, 7) is 3.32. The Morgan fingerprint density at radius 3 is 2.39 bits per heavy atom. The Morgan fingerprint density at radius 1 is 1.04 bits per heavy atom. The van der Waals surface area contributed by atoms with Gasteiger partial charge in [0.25, 0.3) is 11.8 Å². The molecule has 1 aliphatic heterocycles. The molecule has 0 bridgehead atoms. The van der Waals surface area contributed by atoms with Crippen molar-refractivity contribution in [2.75, 3.05) is 36.2 Å². The van der Waals surface area contributed by atoms with Gasteiger partial charge in [0.2, 0.25) is 0 Å². The maximum absolute atomic E-state index is 12.6. The van der Waals surface area contributed by atoms with Gasteiger partial charge in [-0.25, -0.2) is 8.42 Å². The molecule has 28 heavy (non-hydrogen) atoms. The average Bonchev–Trinajstić information content (AvgIpc) is 2.69. The summed E-state index contributed by atoms with van der Waals surface area (Å²) in [4.78, 5) is 27.1. The molecule has 0 aliphatic carbocycles. The fourth-order valence-electron chi connectivity index (χ4n) is 2.95. The maximum atomic E-state index is 12.6. The molecule has 0 spiro atoms. The molecule has 3 rings (SSSR count). The summed E-state index contributed by atoms with van der Waals surface area (Å²) >= 11 is 1.84. The number of amides is 2. The van der Waals surface area contributed by atoms with Crippen LogP contribution >= 0.6 is 11.8 Å². The Hall–Kier alpha value is -2.32. The van der Waals surface area contributed by atoms with Crippen molar-refractivity contribution < 1.29 is 18.0 Å². The number of sulfone groups is 1. The third-order valence-corrected chi connectivity index (χ3v) is 6.60. The third-order valence-electron chi connectivity index (χ3n) is 4.54. The van der Waals surface area contributed by atoms with E-state index in [2.05, 4.69) is 5.32 Å². The molecule has 0 radical (unpaired) electrons. The standard InChI is InChI=1S/C20H22N2O4S2/c1-14-12-16(20(24)22-8-10-27-11-9-22)6-7-18(14)21-19(23)15-4-3-5-17(13-15)28(2,25)26/h3-7,12-13H,8-11H2,1-2H3,(H,21,23). The molecule has 0 aromatic heterocycles. The van der Waals surface area contributed by atoms with E-state index in [4.69, 9.17) is 0 Å². The normalized spacial score (nSPS) is 14.6. The van der Waals surface area contributed by atoms with E-state index in [1.807, 2.05) is 23.6 Å². The molecule has 0 atom stereocenters. The summed E-state index contributed by atoms with van der Waals surface area (Å²) in [7, 11) is -3.39. The lowest BCUT2D eigenvalue weighted by atomic mass is 10.1. The van der Waals surface area contributed by atoms with Gasteiger partial charge in [0.1, 0.15) is 0 Å². The second kappa shape index (κ2) is 8.36. The van der Waals surface area contributed by atoms with Gasteiger partial charge < -0.3 is 10.2 Å². The number of hydrogen-bond acceptors (Lipinski definition) is 5. The second-order valence-electron chi connectivity index (χ2n) is 6.69. The van der Waals surface area contributed by atoms with Crippen molar-refractivity contribution in [3.05, 3.63) is 59.2 Å². The lowest BCUT2D eigenvalue weighted by Gasteiger charge is -2.26. The number of anilines is 1. The van der Waals surface area contributed by atoms with Gasteiger partial charge in [0, 0.05) is 47.7 Å². The topological polar surface area (TPSA) is 83.6 Å². The fraction of sp³-hybridized carbons (Fsp3) is 0.300. The summed E-state index contributed by atoms with van der Waals surface area (Å²) in [5.41, 5.74) is 2.21. The van der Waals surface area contributed by atoms with E-state index in [1.165, 1.54) is 18.2 Å². The van der Waals surface area contributed by atoms with E-state index < -0.39 is 15.7 Å². The number of nitrogens with zero attached hydrogens (tertiary/aromatic N) is 1. The monoisotopic (exact) mass is 418 g/mol. The zero-order chi connectivity index (χ0) is 20.3. The molecule has 1 N–H and O–H groups in total. The number of benzene rings is 2. The second-order valence-corrected chi connectivity index (χ2v) is 9.93. The quantitative estimate of drug-likeness (QED) is 0.825. The summed E-state index contributed by atoms with van der Waals surface area (Å²) in [6.07, 6.45) is 1.10. The van der Waals surface area contributed by atoms with Crippen LogP contribution in [0, 0.1) is 6.92 Å². The van der Waals surface area contributed by atoms with Crippen molar-refractivity contribution in [3.8, 4) is 0 Å². The number of carbonyl (C=O) groups is 2. The average molecular weight is 419 g/mol. The molecule has 0 saturated carbocycles. The molecular weight excluding hydrogens is 396 g/mol. The van der Waals surface area contributed by atoms with E-state index in [0.717, 1.165) is 36.4 Å². The summed E-state index contributed by atoms with van der Waals surface area (Å²) < 4.78 is 23.4. The van der Waals surface area contributed by atoms with Crippen LogP contribution in [0.15, 0.2) is 47.4 Å².